The molecular weight excluding hydrogens is 282 g/mol. The Morgan fingerprint density at radius 3 is 2.95 bits per heavy atom. The number of likely N-dealkylation sites (N-methyl/N-ethyl adjacent to an activating group) is 1. The summed E-state index contributed by atoms with van der Waals surface area (Å²) in [4.78, 5) is 23.4. The van der Waals surface area contributed by atoms with Crippen molar-refractivity contribution in [3.8, 4) is 0 Å². The SMILES string of the molecule is CN1CC(NCc2ccc(Cl)c([N+](=O)[O-])c2)CCC1=O. The van der Waals surface area contributed by atoms with Crippen molar-refractivity contribution < 1.29 is 9.72 Å². The van der Waals surface area contributed by atoms with Crippen molar-refractivity contribution in [1.29, 1.82) is 0 Å². The second kappa shape index (κ2) is 6.19. The average Bonchev–Trinajstić information content (AvgIpc) is 2.41. The third kappa shape index (κ3) is 3.46. The third-order valence-electron chi connectivity index (χ3n) is 3.43. The van der Waals surface area contributed by atoms with Gasteiger partial charge in [-0.15, -0.1) is 0 Å². The van der Waals surface area contributed by atoms with Crippen molar-refractivity contribution in [3.63, 3.8) is 0 Å². The molecule has 1 unspecified atom stereocenters. The van der Waals surface area contributed by atoms with Crippen LogP contribution in [0.4, 0.5) is 5.69 Å². The average molecular weight is 298 g/mol. The molecule has 2 rings (SSSR count). The minimum Gasteiger partial charge on any atom is -0.344 e. The van der Waals surface area contributed by atoms with Crippen LogP contribution in [0, 0.1) is 10.1 Å². The van der Waals surface area contributed by atoms with Crippen LogP contribution in [0.25, 0.3) is 0 Å². The molecule has 0 bridgehead atoms. The highest BCUT2D eigenvalue weighted by Gasteiger charge is 2.22. The molecule has 0 radical (unpaired) electrons. The number of benzene rings is 1. The number of hydrogen-bond acceptors (Lipinski definition) is 4. The van der Waals surface area contributed by atoms with Gasteiger partial charge in [0.2, 0.25) is 5.91 Å². The zero-order chi connectivity index (χ0) is 14.7. The lowest BCUT2D eigenvalue weighted by Gasteiger charge is -2.30. The van der Waals surface area contributed by atoms with E-state index in [1.165, 1.54) is 12.1 Å². The van der Waals surface area contributed by atoms with E-state index in [4.69, 9.17) is 11.6 Å². The van der Waals surface area contributed by atoms with Gasteiger partial charge in [-0.2, -0.15) is 0 Å². The number of nitro benzene ring substituents is 1. The largest absolute Gasteiger partial charge is 0.344 e. The Hall–Kier alpha value is -1.66. The summed E-state index contributed by atoms with van der Waals surface area (Å²) >= 11 is 5.77. The van der Waals surface area contributed by atoms with Crippen molar-refractivity contribution in [2.24, 2.45) is 0 Å². The number of nitrogens with zero attached hydrogens (tertiary/aromatic N) is 2. The highest BCUT2D eigenvalue weighted by Crippen LogP contribution is 2.25. The van der Waals surface area contributed by atoms with Crippen molar-refractivity contribution in [2.75, 3.05) is 13.6 Å². The smallest absolute Gasteiger partial charge is 0.288 e. The van der Waals surface area contributed by atoms with Crippen molar-refractivity contribution in [3.05, 3.63) is 38.9 Å². The summed E-state index contributed by atoms with van der Waals surface area (Å²) in [6.07, 6.45) is 1.33. The molecule has 1 N–H and O–H groups in total. The fourth-order valence-corrected chi connectivity index (χ4v) is 2.44. The number of rotatable bonds is 4. The minimum atomic E-state index is -0.487. The van der Waals surface area contributed by atoms with Crippen LogP contribution in [0.1, 0.15) is 18.4 Å². The van der Waals surface area contributed by atoms with Gasteiger partial charge in [-0.05, 0) is 18.1 Å². The Morgan fingerprint density at radius 1 is 1.55 bits per heavy atom. The van der Waals surface area contributed by atoms with Crippen molar-refractivity contribution in [2.45, 2.75) is 25.4 Å². The first-order valence-electron chi connectivity index (χ1n) is 6.37. The second-order valence-electron chi connectivity index (χ2n) is 4.93. The van der Waals surface area contributed by atoms with E-state index in [1.807, 2.05) is 0 Å². The van der Waals surface area contributed by atoms with Crippen molar-refractivity contribution in [1.82, 2.24) is 10.2 Å². The predicted molar refractivity (Wildman–Crippen MR) is 75.6 cm³/mol. The Bertz CT molecular complexity index is 536. The quantitative estimate of drug-likeness (QED) is 0.681. The van der Waals surface area contributed by atoms with Crippen LogP contribution in [0.5, 0.6) is 0 Å². The molecule has 1 amide bonds. The number of amides is 1. The summed E-state index contributed by atoms with van der Waals surface area (Å²) in [6.45, 7) is 1.18. The van der Waals surface area contributed by atoms with Gasteiger partial charge in [0, 0.05) is 38.7 Å². The van der Waals surface area contributed by atoms with Crippen LogP contribution < -0.4 is 5.32 Å². The van der Waals surface area contributed by atoms with E-state index in [0.717, 1.165) is 12.0 Å². The van der Waals surface area contributed by atoms with E-state index in [9.17, 15) is 14.9 Å². The molecule has 0 aliphatic carbocycles. The number of carbonyl (C=O) groups excluding carboxylic acids is 1. The summed E-state index contributed by atoms with van der Waals surface area (Å²) in [5.41, 5.74) is 0.725. The topological polar surface area (TPSA) is 75.5 Å². The molecule has 7 heteroatoms. The number of halogens is 1. The molecule has 1 heterocycles. The number of piperidine rings is 1. The van der Waals surface area contributed by atoms with Gasteiger partial charge in [0.05, 0.1) is 4.92 Å². The number of nitro groups is 1. The zero-order valence-corrected chi connectivity index (χ0v) is 11.9. The fraction of sp³-hybridized carbons (Fsp3) is 0.462. The minimum absolute atomic E-state index is 0.0816. The molecule has 0 aromatic heterocycles. The summed E-state index contributed by atoms with van der Waals surface area (Å²) in [6, 6.07) is 4.99. The molecule has 1 atom stereocenters. The van der Waals surface area contributed by atoms with Gasteiger partial charge in [0.15, 0.2) is 0 Å². The molecule has 1 aromatic rings. The van der Waals surface area contributed by atoms with E-state index in [2.05, 4.69) is 5.32 Å². The van der Waals surface area contributed by atoms with Crippen LogP contribution in [-0.4, -0.2) is 35.4 Å². The van der Waals surface area contributed by atoms with Crippen molar-refractivity contribution >= 4 is 23.2 Å². The number of nitrogens with one attached hydrogen (secondary N) is 1. The maximum absolute atomic E-state index is 11.4. The lowest BCUT2D eigenvalue weighted by atomic mass is 10.1. The van der Waals surface area contributed by atoms with Gasteiger partial charge in [0.1, 0.15) is 5.02 Å². The summed E-state index contributed by atoms with van der Waals surface area (Å²) in [7, 11) is 1.78. The molecule has 1 aromatic carbocycles. The molecule has 6 nitrogen and oxygen atoms in total. The summed E-state index contributed by atoms with van der Waals surface area (Å²) in [5.74, 6) is 0.158. The van der Waals surface area contributed by atoms with E-state index < -0.39 is 4.92 Å². The molecule has 0 saturated carbocycles. The number of likely N-dealkylation sites (tertiary alicyclic amines) is 1. The first kappa shape index (κ1) is 14.7. The third-order valence-corrected chi connectivity index (χ3v) is 3.75. The second-order valence-corrected chi connectivity index (χ2v) is 5.34. The van der Waals surface area contributed by atoms with Gasteiger partial charge < -0.3 is 10.2 Å². The van der Waals surface area contributed by atoms with E-state index in [-0.39, 0.29) is 22.7 Å². The number of hydrogen-bond donors (Lipinski definition) is 1. The molecule has 20 heavy (non-hydrogen) atoms. The van der Waals surface area contributed by atoms with Gasteiger partial charge in [0.25, 0.3) is 5.69 Å². The van der Waals surface area contributed by atoms with Gasteiger partial charge in [-0.25, -0.2) is 0 Å². The Labute approximate surface area is 121 Å². The predicted octanol–water partition coefficient (Wildman–Crippen LogP) is 1.96. The molecule has 0 spiro atoms. The molecule has 1 aliphatic heterocycles. The van der Waals surface area contributed by atoms with Crippen LogP contribution >= 0.6 is 11.6 Å². The van der Waals surface area contributed by atoms with Gasteiger partial charge in [-0.1, -0.05) is 17.7 Å². The van der Waals surface area contributed by atoms with Crippen LogP contribution in [0.2, 0.25) is 5.02 Å². The molecular formula is C13H16ClN3O3. The van der Waals surface area contributed by atoms with Crippen LogP contribution in [0.15, 0.2) is 18.2 Å². The molecule has 1 fully saturated rings. The van der Waals surface area contributed by atoms with E-state index in [1.54, 1.807) is 18.0 Å². The molecule has 108 valence electrons. The van der Waals surface area contributed by atoms with Crippen LogP contribution in [-0.2, 0) is 11.3 Å². The maximum Gasteiger partial charge on any atom is 0.288 e. The zero-order valence-electron chi connectivity index (χ0n) is 11.1. The van der Waals surface area contributed by atoms with Gasteiger partial charge in [-0.3, -0.25) is 14.9 Å². The first-order chi connectivity index (χ1) is 9.47. The lowest BCUT2D eigenvalue weighted by molar-refractivity contribution is -0.384. The monoisotopic (exact) mass is 297 g/mol. The lowest BCUT2D eigenvalue weighted by Crippen LogP contribution is -2.46. The van der Waals surface area contributed by atoms with E-state index in [0.29, 0.717) is 19.5 Å². The Kier molecular flexibility index (Phi) is 4.57. The normalized spacial score (nSPS) is 19.2. The maximum atomic E-state index is 11.4. The summed E-state index contributed by atoms with van der Waals surface area (Å²) in [5, 5.41) is 14.3. The number of carbonyl (C=O) groups is 1. The first-order valence-corrected chi connectivity index (χ1v) is 6.75. The van der Waals surface area contributed by atoms with E-state index >= 15 is 0 Å². The fourth-order valence-electron chi connectivity index (χ4n) is 2.25. The van der Waals surface area contributed by atoms with Gasteiger partial charge >= 0.3 is 0 Å². The van der Waals surface area contributed by atoms with Crippen LogP contribution in [0.3, 0.4) is 0 Å². The molecule has 1 saturated heterocycles. The Balaban J connectivity index is 1.96. The Morgan fingerprint density at radius 2 is 2.30 bits per heavy atom. The summed E-state index contributed by atoms with van der Waals surface area (Å²) < 4.78 is 0. The highest BCUT2D eigenvalue weighted by atomic mass is 35.5. The molecule has 1 aliphatic rings. The highest BCUT2D eigenvalue weighted by molar-refractivity contribution is 6.32. The standard InChI is InChI=1S/C13H16ClN3O3/c1-16-8-10(3-5-13(16)18)15-7-9-2-4-11(14)12(6-9)17(19)20/h2,4,6,10,15H,3,5,7-8H2,1H3.